The number of hydrogen-bond donors (Lipinski definition) is 1. The molecule has 1 aliphatic rings. The van der Waals surface area contributed by atoms with Crippen molar-refractivity contribution in [3.63, 3.8) is 0 Å². The summed E-state index contributed by atoms with van der Waals surface area (Å²) in [6.45, 7) is 6.54. The van der Waals surface area contributed by atoms with E-state index in [-0.39, 0.29) is 0 Å². The Balaban J connectivity index is 2.06. The lowest BCUT2D eigenvalue weighted by Gasteiger charge is -2.33. The monoisotopic (exact) mass is 218 g/mol. The number of rotatable bonds is 3. The number of carbonyl (C=O) groups excluding carboxylic acids is 1. The predicted octanol–water partition coefficient (Wildman–Crippen LogP) is 1.47. The second-order valence-electron chi connectivity index (χ2n) is 4.25. The van der Waals surface area contributed by atoms with Gasteiger partial charge in [0.2, 0.25) is 0 Å². The van der Waals surface area contributed by atoms with Gasteiger partial charge in [-0.1, -0.05) is 24.3 Å². The summed E-state index contributed by atoms with van der Waals surface area (Å²) in [4.78, 5) is 13.0. The van der Waals surface area contributed by atoms with Crippen LogP contribution in [0, 0.1) is 0 Å². The van der Waals surface area contributed by atoms with Gasteiger partial charge in [-0.25, -0.2) is 0 Å². The SMILES string of the molecule is CC(c1ccc(C=O)cc1)N1CCNCC1. The highest BCUT2D eigenvalue weighted by Crippen LogP contribution is 2.20. The van der Waals surface area contributed by atoms with Crippen molar-refractivity contribution in [2.45, 2.75) is 13.0 Å². The fourth-order valence-electron chi connectivity index (χ4n) is 2.13. The molecule has 1 unspecified atom stereocenters. The van der Waals surface area contributed by atoms with Crippen molar-refractivity contribution in [3.8, 4) is 0 Å². The van der Waals surface area contributed by atoms with Gasteiger partial charge < -0.3 is 5.32 Å². The first-order valence-electron chi connectivity index (χ1n) is 5.81. The molecule has 3 nitrogen and oxygen atoms in total. The highest BCUT2D eigenvalue weighted by Gasteiger charge is 2.17. The van der Waals surface area contributed by atoms with Gasteiger partial charge in [-0.2, -0.15) is 0 Å². The Kier molecular flexibility index (Phi) is 3.70. The Hall–Kier alpha value is -1.19. The number of nitrogens with zero attached hydrogens (tertiary/aromatic N) is 1. The van der Waals surface area contributed by atoms with Crippen molar-refractivity contribution in [2.75, 3.05) is 26.2 Å². The van der Waals surface area contributed by atoms with Crippen molar-refractivity contribution < 1.29 is 4.79 Å². The van der Waals surface area contributed by atoms with Gasteiger partial charge in [0.05, 0.1) is 0 Å². The summed E-state index contributed by atoms with van der Waals surface area (Å²) in [6.07, 6.45) is 0.888. The van der Waals surface area contributed by atoms with E-state index >= 15 is 0 Å². The number of nitrogens with one attached hydrogen (secondary N) is 1. The number of aldehydes is 1. The molecule has 1 aromatic carbocycles. The molecule has 2 rings (SSSR count). The Morgan fingerprint density at radius 1 is 1.25 bits per heavy atom. The minimum absolute atomic E-state index is 0.433. The van der Waals surface area contributed by atoms with Crippen LogP contribution in [0.1, 0.15) is 28.9 Å². The molecule has 1 aromatic rings. The highest BCUT2D eigenvalue weighted by atomic mass is 16.1. The topological polar surface area (TPSA) is 32.3 Å². The molecule has 0 aromatic heterocycles. The van der Waals surface area contributed by atoms with Crippen LogP contribution >= 0.6 is 0 Å². The highest BCUT2D eigenvalue weighted by molar-refractivity contribution is 5.74. The summed E-state index contributed by atoms with van der Waals surface area (Å²) < 4.78 is 0. The largest absolute Gasteiger partial charge is 0.314 e. The number of benzene rings is 1. The molecule has 0 amide bonds. The lowest BCUT2D eigenvalue weighted by atomic mass is 10.0. The van der Waals surface area contributed by atoms with Crippen LogP contribution in [0.15, 0.2) is 24.3 Å². The third kappa shape index (κ3) is 2.49. The molecule has 0 aliphatic carbocycles. The predicted molar refractivity (Wildman–Crippen MR) is 64.7 cm³/mol. The second-order valence-corrected chi connectivity index (χ2v) is 4.25. The minimum atomic E-state index is 0.433. The first-order valence-corrected chi connectivity index (χ1v) is 5.81. The summed E-state index contributed by atoms with van der Waals surface area (Å²) in [6, 6.07) is 8.32. The lowest BCUT2D eigenvalue weighted by Crippen LogP contribution is -2.44. The lowest BCUT2D eigenvalue weighted by molar-refractivity contribution is 0.112. The quantitative estimate of drug-likeness (QED) is 0.780. The molecule has 16 heavy (non-hydrogen) atoms. The maximum absolute atomic E-state index is 10.6. The molecule has 1 atom stereocenters. The zero-order valence-corrected chi connectivity index (χ0v) is 9.65. The average molecular weight is 218 g/mol. The number of carbonyl (C=O) groups is 1. The van der Waals surface area contributed by atoms with Crippen LogP contribution in [0.5, 0.6) is 0 Å². The summed E-state index contributed by atoms with van der Waals surface area (Å²) >= 11 is 0. The van der Waals surface area contributed by atoms with Crippen LogP contribution in [0.2, 0.25) is 0 Å². The molecule has 0 bridgehead atoms. The first kappa shape index (κ1) is 11.3. The minimum Gasteiger partial charge on any atom is -0.314 e. The first-order chi connectivity index (χ1) is 7.81. The van der Waals surface area contributed by atoms with Crippen molar-refractivity contribution in [1.82, 2.24) is 10.2 Å². The molecule has 0 spiro atoms. The van der Waals surface area contributed by atoms with Crippen LogP contribution < -0.4 is 5.32 Å². The maximum Gasteiger partial charge on any atom is 0.150 e. The summed E-state index contributed by atoms with van der Waals surface area (Å²) in [5, 5.41) is 3.35. The van der Waals surface area contributed by atoms with E-state index < -0.39 is 0 Å². The summed E-state index contributed by atoms with van der Waals surface area (Å²) in [7, 11) is 0. The summed E-state index contributed by atoms with van der Waals surface area (Å²) in [5.74, 6) is 0. The van der Waals surface area contributed by atoms with E-state index in [0.29, 0.717) is 6.04 Å². The van der Waals surface area contributed by atoms with Gasteiger partial charge in [0, 0.05) is 37.8 Å². The molecule has 0 radical (unpaired) electrons. The molecule has 1 saturated heterocycles. The van der Waals surface area contributed by atoms with Crippen LogP contribution in [-0.2, 0) is 0 Å². The zero-order chi connectivity index (χ0) is 11.4. The van der Waals surface area contributed by atoms with Gasteiger partial charge in [0.1, 0.15) is 6.29 Å². The maximum atomic E-state index is 10.6. The number of piperazine rings is 1. The van der Waals surface area contributed by atoms with E-state index in [4.69, 9.17) is 0 Å². The molecule has 3 heteroatoms. The van der Waals surface area contributed by atoms with E-state index in [2.05, 4.69) is 29.3 Å². The smallest absolute Gasteiger partial charge is 0.150 e. The van der Waals surface area contributed by atoms with Crippen LogP contribution in [0.25, 0.3) is 0 Å². The van der Waals surface area contributed by atoms with Crippen LogP contribution in [-0.4, -0.2) is 37.4 Å². The number of hydrogen-bond acceptors (Lipinski definition) is 3. The van der Waals surface area contributed by atoms with Crippen LogP contribution in [0.4, 0.5) is 0 Å². The molecule has 0 saturated carbocycles. The Morgan fingerprint density at radius 3 is 2.44 bits per heavy atom. The molecule has 1 aliphatic heterocycles. The molecule has 86 valence electrons. The molecule has 1 fully saturated rings. The van der Waals surface area contributed by atoms with Crippen LogP contribution in [0.3, 0.4) is 0 Å². The molecular formula is C13H18N2O. The molecule has 1 heterocycles. The van der Waals surface area contributed by atoms with Gasteiger partial charge >= 0.3 is 0 Å². The Bertz CT molecular complexity index is 341. The zero-order valence-electron chi connectivity index (χ0n) is 9.65. The van der Waals surface area contributed by atoms with Gasteiger partial charge in [-0.3, -0.25) is 9.69 Å². The summed E-state index contributed by atoms with van der Waals surface area (Å²) in [5.41, 5.74) is 2.03. The standard InChI is InChI=1S/C13H18N2O/c1-11(15-8-6-14-7-9-15)13-4-2-12(10-16)3-5-13/h2-5,10-11,14H,6-9H2,1H3. The van der Waals surface area contributed by atoms with Crippen molar-refractivity contribution in [2.24, 2.45) is 0 Å². The third-order valence-corrected chi connectivity index (χ3v) is 3.25. The van der Waals surface area contributed by atoms with Gasteiger partial charge in [0.15, 0.2) is 0 Å². The van der Waals surface area contributed by atoms with Gasteiger partial charge in [-0.05, 0) is 12.5 Å². The van der Waals surface area contributed by atoms with E-state index in [1.54, 1.807) is 0 Å². The van der Waals surface area contributed by atoms with Gasteiger partial charge in [0.25, 0.3) is 0 Å². The molecular weight excluding hydrogens is 200 g/mol. The third-order valence-electron chi connectivity index (χ3n) is 3.25. The fraction of sp³-hybridized carbons (Fsp3) is 0.462. The Morgan fingerprint density at radius 2 is 1.88 bits per heavy atom. The Labute approximate surface area is 96.5 Å². The molecule has 1 N–H and O–H groups in total. The van der Waals surface area contributed by atoms with E-state index in [1.807, 2.05) is 12.1 Å². The van der Waals surface area contributed by atoms with E-state index in [9.17, 15) is 4.79 Å². The second kappa shape index (κ2) is 5.23. The average Bonchev–Trinajstić information content (AvgIpc) is 2.39. The van der Waals surface area contributed by atoms with Crippen molar-refractivity contribution >= 4 is 6.29 Å². The van der Waals surface area contributed by atoms with Crippen molar-refractivity contribution in [1.29, 1.82) is 0 Å². The van der Waals surface area contributed by atoms with E-state index in [0.717, 1.165) is 38.0 Å². The normalized spacial score (nSPS) is 19.3. The van der Waals surface area contributed by atoms with E-state index in [1.165, 1.54) is 5.56 Å². The van der Waals surface area contributed by atoms with Crippen molar-refractivity contribution in [3.05, 3.63) is 35.4 Å². The fourth-order valence-corrected chi connectivity index (χ4v) is 2.13. The van der Waals surface area contributed by atoms with Gasteiger partial charge in [-0.15, -0.1) is 0 Å².